The third-order valence-electron chi connectivity index (χ3n) is 4.03. The molecule has 1 aliphatic rings. The molecule has 1 aliphatic heterocycles. The third-order valence-corrected chi connectivity index (χ3v) is 4.44. The summed E-state index contributed by atoms with van der Waals surface area (Å²) in [5.74, 6) is 1.48. The van der Waals surface area contributed by atoms with E-state index >= 15 is 0 Å². The molecule has 0 bridgehead atoms. The van der Waals surface area contributed by atoms with Gasteiger partial charge in [0.1, 0.15) is 0 Å². The van der Waals surface area contributed by atoms with Gasteiger partial charge >= 0.3 is 0 Å². The van der Waals surface area contributed by atoms with Crippen LogP contribution in [0.4, 0.5) is 5.69 Å². The van der Waals surface area contributed by atoms with Crippen LogP contribution in [0.25, 0.3) is 0 Å². The van der Waals surface area contributed by atoms with Gasteiger partial charge in [-0.1, -0.05) is 31.5 Å². The SMILES string of the molecule is Cc1c(Cl)cccc1NC(=O)C[NH+]1C[C@H](C)C[C@H](C)C1. The predicted octanol–water partition coefficient (Wildman–Crippen LogP) is 2.15. The van der Waals surface area contributed by atoms with Crippen LogP contribution in [0.1, 0.15) is 25.8 Å². The Morgan fingerprint density at radius 2 is 2.00 bits per heavy atom. The molecule has 1 amide bonds. The van der Waals surface area contributed by atoms with E-state index in [1.807, 2.05) is 25.1 Å². The molecule has 4 heteroatoms. The predicted molar refractivity (Wildman–Crippen MR) is 83.3 cm³/mol. The quantitative estimate of drug-likeness (QED) is 0.880. The molecule has 2 rings (SSSR count). The monoisotopic (exact) mass is 295 g/mol. The van der Waals surface area contributed by atoms with Crippen molar-refractivity contribution >= 4 is 23.2 Å². The number of nitrogens with one attached hydrogen (secondary N) is 2. The van der Waals surface area contributed by atoms with E-state index in [1.165, 1.54) is 11.3 Å². The van der Waals surface area contributed by atoms with Crippen LogP contribution >= 0.6 is 11.6 Å². The Kier molecular flexibility index (Phi) is 5.06. The summed E-state index contributed by atoms with van der Waals surface area (Å²) < 4.78 is 0. The molecule has 1 saturated heterocycles. The van der Waals surface area contributed by atoms with E-state index < -0.39 is 0 Å². The van der Waals surface area contributed by atoms with Gasteiger partial charge in [0.25, 0.3) is 5.91 Å². The highest BCUT2D eigenvalue weighted by Gasteiger charge is 2.26. The molecular formula is C16H24ClN2O+. The first-order valence-electron chi connectivity index (χ1n) is 7.34. The molecule has 0 radical (unpaired) electrons. The summed E-state index contributed by atoms with van der Waals surface area (Å²) in [5.41, 5.74) is 1.75. The fourth-order valence-electron chi connectivity index (χ4n) is 3.23. The molecule has 20 heavy (non-hydrogen) atoms. The molecular weight excluding hydrogens is 272 g/mol. The number of rotatable bonds is 3. The zero-order valence-electron chi connectivity index (χ0n) is 12.5. The molecule has 0 spiro atoms. The van der Waals surface area contributed by atoms with Gasteiger partial charge < -0.3 is 10.2 Å². The van der Waals surface area contributed by atoms with Crippen molar-refractivity contribution in [2.24, 2.45) is 11.8 Å². The van der Waals surface area contributed by atoms with E-state index in [2.05, 4.69) is 19.2 Å². The Balaban J connectivity index is 1.94. The van der Waals surface area contributed by atoms with Crippen LogP contribution < -0.4 is 10.2 Å². The number of likely N-dealkylation sites (tertiary alicyclic amines) is 1. The summed E-state index contributed by atoms with van der Waals surface area (Å²) in [6.45, 7) is 9.19. The summed E-state index contributed by atoms with van der Waals surface area (Å²) in [5, 5.41) is 3.67. The Morgan fingerprint density at radius 1 is 1.35 bits per heavy atom. The third kappa shape index (κ3) is 3.97. The normalized spacial score (nSPS) is 26.3. The highest BCUT2D eigenvalue weighted by atomic mass is 35.5. The summed E-state index contributed by atoms with van der Waals surface area (Å²) in [6.07, 6.45) is 1.28. The molecule has 1 unspecified atom stereocenters. The van der Waals surface area contributed by atoms with E-state index in [-0.39, 0.29) is 5.91 Å². The summed E-state index contributed by atoms with van der Waals surface area (Å²) in [4.78, 5) is 13.6. The smallest absolute Gasteiger partial charge is 0.279 e. The van der Waals surface area contributed by atoms with Gasteiger partial charge in [-0.2, -0.15) is 0 Å². The second-order valence-electron chi connectivity index (χ2n) is 6.24. The number of amides is 1. The number of hydrogen-bond acceptors (Lipinski definition) is 1. The average molecular weight is 296 g/mol. The molecule has 1 aromatic rings. The van der Waals surface area contributed by atoms with Crippen LogP contribution in [0.2, 0.25) is 5.02 Å². The minimum Gasteiger partial charge on any atom is -0.327 e. The zero-order valence-corrected chi connectivity index (χ0v) is 13.3. The second kappa shape index (κ2) is 6.59. The van der Waals surface area contributed by atoms with Crippen molar-refractivity contribution in [2.75, 3.05) is 25.0 Å². The van der Waals surface area contributed by atoms with Crippen LogP contribution in [0.15, 0.2) is 18.2 Å². The molecule has 3 atom stereocenters. The lowest BCUT2D eigenvalue weighted by Crippen LogP contribution is -3.15. The van der Waals surface area contributed by atoms with Crippen LogP contribution in [0, 0.1) is 18.8 Å². The van der Waals surface area contributed by atoms with Gasteiger partial charge in [-0.05, 0) is 31.0 Å². The van der Waals surface area contributed by atoms with Crippen molar-refractivity contribution in [3.63, 3.8) is 0 Å². The van der Waals surface area contributed by atoms with Crippen LogP contribution in [-0.4, -0.2) is 25.5 Å². The van der Waals surface area contributed by atoms with E-state index in [0.29, 0.717) is 23.4 Å². The zero-order chi connectivity index (χ0) is 14.7. The van der Waals surface area contributed by atoms with Gasteiger partial charge in [-0.25, -0.2) is 0 Å². The fraction of sp³-hybridized carbons (Fsp3) is 0.562. The highest BCUT2D eigenvalue weighted by molar-refractivity contribution is 6.31. The second-order valence-corrected chi connectivity index (χ2v) is 6.65. The van der Waals surface area contributed by atoms with Crippen molar-refractivity contribution in [2.45, 2.75) is 27.2 Å². The summed E-state index contributed by atoms with van der Waals surface area (Å²) in [6, 6.07) is 5.60. The van der Waals surface area contributed by atoms with Gasteiger partial charge in [0, 0.05) is 22.5 Å². The Hall–Kier alpha value is -1.06. The Morgan fingerprint density at radius 3 is 2.65 bits per heavy atom. The number of piperidine rings is 1. The van der Waals surface area contributed by atoms with Crippen LogP contribution in [-0.2, 0) is 4.79 Å². The maximum atomic E-state index is 12.2. The lowest BCUT2D eigenvalue weighted by Gasteiger charge is -2.31. The first-order chi connectivity index (χ1) is 9.45. The maximum Gasteiger partial charge on any atom is 0.279 e. The fourth-order valence-corrected chi connectivity index (χ4v) is 3.41. The van der Waals surface area contributed by atoms with Crippen molar-refractivity contribution < 1.29 is 9.69 Å². The van der Waals surface area contributed by atoms with Gasteiger partial charge in [-0.3, -0.25) is 4.79 Å². The lowest BCUT2D eigenvalue weighted by atomic mass is 9.92. The van der Waals surface area contributed by atoms with Crippen LogP contribution in [0.5, 0.6) is 0 Å². The molecule has 2 N–H and O–H groups in total. The first-order valence-corrected chi connectivity index (χ1v) is 7.72. The number of quaternary nitrogens is 1. The number of halogens is 1. The molecule has 1 fully saturated rings. The van der Waals surface area contributed by atoms with Crippen molar-refractivity contribution in [1.82, 2.24) is 0 Å². The Bertz CT molecular complexity index is 479. The molecule has 3 nitrogen and oxygen atoms in total. The molecule has 1 heterocycles. The van der Waals surface area contributed by atoms with Gasteiger partial charge in [-0.15, -0.1) is 0 Å². The molecule has 0 saturated carbocycles. The topological polar surface area (TPSA) is 33.5 Å². The standard InChI is InChI=1S/C16H23ClN2O/c1-11-7-12(2)9-19(8-11)10-16(20)18-15-6-4-5-14(17)13(15)3/h4-6,11-12H,7-10H2,1-3H3,(H,18,20)/p+1/t11-,12+. The van der Waals surface area contributed by atoms with Crippen molar-refractivity contribution in [3.05, 3.63) is 28.8 Å². The van der Waals surface area contributed by atoms with Crippen molar-refractivity contribution in [1.29, 1.82) is 0 Å². The summed E-state index contributed by atoms with van der Waals surface area (Å²) in [7, 11) is 0. The number of hydrogen-bond donors (Lipinski definition) is 2. The highest BCUT2D eigenvalue weighted by Crippen LogP contribution is 2.22. The van der Waals surface area contributed by atoms with Crippen LogP contribution in [0.3, 0.4) is 0 Å². The summed E-state index contributed by atoms with van der Waals surface area (Å²) >= 11 is 6.07. The van der Waals surface area contributed by atoms with Gasteiger partial charge in [0.15, 0.2) is 6.54 Å². The largest absolute Gasteiger partial charge is 0.327 e. The van der Waals surface area contributed by atoms with E-state index in [9.17, 15) is 4.79 Å². The Labute approximate surface area is 126 Å². The first kappa shape index (κ1) is 15.3. The van der Waals surface area contributed by atoms with Gasteiger partial charge in [0.05, 0.1) is 13.1 Å². The van der Waals surface area contributed by atoms with E-state index in [0.717, 1.165) is 24.3 Å². The molecule has 110 valence electrons. The lowest BCUT2D eigenvalue weighted by molar-refractivity contribution is -0.904. The molecule has 1 aromatic carbocycles. The number of benzene rings is 1. The molecule has 0 aromatic heterocycles. The minimum atomic E-state index is 0.0756. The number of anilines is 1. The molecule has 0 aliphatic carbocycles. The van der Waals surface area contributed by atoms with Crippen molar-refractivity contribution in [3.8, 4) is 0 Å². The number of carbonyl (C=O) groups excluding carboxylic acids is 1. The maximum absolute atomic E-state index is 12.2. The average Bonchev–Trinajstić information content (AvgIpc) is 2.33. The minimum absolute atomic E-state index is 0.0756. The van der Waals surface area contributed by atoms with Gasteiger partial charge in [0.2, 0.25) is 0 Å². The van der Waals surface area contributed by atoms with E-state index in [1.54, 1.807) is 0 Å². The number of carbonyl (C=O) groups is 1. The van der Waals surface area contributed by atoms with E-state index in [4.69, 9.17) is 11.6 Å².